The highest BCUT2D eigenvalue weighted by Crippen LogP contribution is 2.21. The Morgan fingerprint density at radius 3 is 2.37 bits per heavy atom. The zero-order valence-corrected chi connectivity index (χ0v) is 16.0. The van der Waals surface area contributed by atoms with E-state index in [1.54, 1.807) is 24.3 Å². The summed E-state index contributed by atoms with van der Waals surface area (Å²) in [6.07, 6.45) is 0. The lowest BCUT2D eigenvalue weighted by Crippen LogP contribution is -2.31. The van der Waals surface area contributed by atoms with Gasteiger partial charge in [0.25, 0.3) is 5.91 Å². The number of nitrogens with one attached hydrogen (secondary N) is 1. The Hall–Kier alpha value is -2.57. The second kappa shape index (κ2) is 9.94. The summed E-state index contributed by atoms with van der Waals surface area (Å²) in [5, 5.41) is 2.99. The molecule has 6 nitrogen and oxygen atoms in total. The first-order valence-electron chi connectivity index (χ1n) is 8.05. The third-order valence-electron chi connectivity index (χ3n) is 3.42. The van der Waals surface area contributed by atoms with Gasteiger partial charge in [0.1, 0.15) is 12.3 Å². The quantitative estimate of drug-likeness (QED) is 0.532. The summed E-state index contributed by atoms with van der Waals surface area (Å²) in [6.45, 7) is 1.53. The van der Waals surface area contributed by atoms with E-state index < -0.39 is 24.3 Å². The number of carbonyl (C=O) groups excluding carboxylic acids is 3. The van der Waals surface area contributed by atoms with Gasteiger partial charge in [-0.15, -0.1) is 0 Å². The Morgan fingerprint density at radius 1 is 1.04 bits per heavy atom. The van der Waals surface area contributed by atoms with Crippen LogP contribution in [0.1, 0.15) is 27.6 Å². The van der Waals surface area contributed by atoms with Crippen molar-refractivity contribution in [2.24, 2.45) is 0 Å². The third-order valence-corrected chi connectivity index (χ3v) is 3.96. The van der Waals surface area contributed by atoms with Gasteiger partial charge in [0.2, 0.25) is 5.78 Å². The van der Waals surface area contributed by atoms with Gasteiger partial charge in [0, 0.05) is 16.1 Å². The Balaban J connectivity index is 1.80. The lowest BCUT2D eigenvalue weighted by Gasteiger charge is -2.08. The van der Waals surface area contributed by atoms with Gasteiger partial charge in [-0.05, 0) is 49.4 Å². The second-order valence-corrected chi connectivity index (χ2v) is 6.19. The van der Waals surface area contributed by atoms with Crippen molar-refractivity contribution in [1.82, 2.24) is 5.32 Å². The second-order valence-electron chi connectivity index (χ2n) is 5.35. The molecule has 2 rings (SSSR count). The summed E-state index contributed by atoms with van der Waals surface area (Å²) in [4.78, 5) is 35.7. The number of ether oxygens (including phenoxy) is 2. The van der Waals surface area contributed by atoms with E-state index in [9.17, 15) is 14.4 Å². The molecule has 2 aromatic carbocycles. The molecule has 142 valence electrons. The molecule has 0 radical (unpaired) electrons. The minimum Gasteiger partial charge on any atom is -0.494 e. The molecule has 0 aliphatic rings. The number of esters is 1. The number of benzene rings is 2. The zero-order chi connectivity index (χ0) is 19.8. The van der Waals surface area contributed by atoms with E-state index in [0.29, 0.717) is 22.9 Å². The van der Waals surface area contributed by atoms with E-state index in [1.165, 1.54) is 18.2 Å². The number of amides is 1. The van der Waals surface area contributed by atoms with E-state index >= 15 is 0 Å². The molecule has 0 aliphatic carbocycles. The normalized spacial score (nSPS) is 10.2. The van der Waals surface area contributed by atoms with E-state index in [2.05, 4.69) is 5.32 Å². The fourth-order valence-electron chi connectivity index (χ4n) is 2.11. The summed E-state index contributed by atoms with van der Waals surface area (Å²) in [6, 6.07) is 10.9. The molecule has 1 N–H and O–H groups in total. The molecule has 0 atom stereocenters. The molecule has 0 unspecified atom stereocenters. The largest absolute Gasteiger partial charge is 0.494 e. The van der Waals surface area contributed by atoms with Gasteiger partial charge in [-0.1, -0.05) is 23.2 Å². The van der Waals surface area contributed by atoms with E-state index in [-0.39, 0.29) is 17.1 Å². The van der Waals surface area contributed by atoms with Crippen LogP contribution in [-0.2, 0) is 9.53 Å². The molecular weight excluding hydrogens is 393 g/mol. The lowest BCUT2D eigenvalue weighted by molar-refractivity contribution is -0.141. The van der Waals surface area contributed by atoms with Crippen molar-refractivity contribution < 1.29 is 23.9 Å². The first-order chi connectivity index (χ1) is 12.9. The Labute approximate surface area is 166 Å². The van der Waals surface area contributed by atoms with Crippen molar-refractivity contribution in [3.05, 3.63) is 63.6 Å². The Kier molecular flexibility index (Phi) is 7.64. The van der Waals surface area contributed by atoms with Gasteiger partial charge < -0.3 is 14.8 Å². The fraction of sp³-hybridized carbons (Fsp3) is 0.211. The van der Waals surface area contributed by atoms with Gasteiger partial charge in [0.05, 0.1) is 11.6 Å². The average molecular weight is 410 g/mol. The number of halogens is 2. The number of rotatable bonds is 8. The van der Waals surface area contributed by atoms with Gasteiger partial charge in [-0.25, -0.2) is 0 Å². The highest BCUT2D eigenvalue weighted by molar-refractivity contribution is 6.36. The van der Waals surface area contributed by atoms with Crippen LogP contribution in [0.3, 0.4) is 0 Å². The van der Waals surface area contributed by atoms with Crippen LogP contribution in [0, 0.1) is 0 Å². The van der Waals surface area contributed by atoms with Gasteiger partial charge >= 0.3 is 5.97 Å². The van der Waals surface area contributed by atoms with Gasteiger partial charge in [-0.2, -0.15) is 0 Å². The average Bonchev–Trinajstić information content (AvgIpc) is 2.65. The molecule has 0 aromatic heterocycles. The monoisotopic (exact) mass is 409 g/mol. The number of carbonyl (C=O) groups is 3. The minimum atomic E-state index is -0.743. The molecule has 0 saturated heterocycles. The van der Waals surface area contributed by atoms with Crippen LogP contribution in [0.25, 0.3) is 0 Å². The Bertz CT molecular complexity index is 836. The summed E-state index contributed by atoms with van der Waals surface area (Å²) < 4.78 is 10.2. The minimum absolute atomic E-state index is 0.173. The van der Waals surface area contributed by atoms with Crippen LogP contribution in [0.2, 0.25) is 10.0 Å². The van der Waals surface area contributed by atoms with Crippen molar-refractivity contribution >= 4 is 40.9 Å². The molecule has 2 aromatic rings. The molecule has 0 saturated carbocycles. The number of Topliss-reactive ketones (excluding diaryl/α,β-unsaturated/α-hetero) is 1. The number of hydrogen-bond donors (Lipinski definition) is 1. The summed E-state index contributed by atoms with van der Waals surface area (Å²) >= 11 is 11.7. The predicted molar refractivity (Wildman–Crippen MR) is 102 cm³/mol. The maximum absolute atomic E-state index is 12.0. The van der Waals surface area contributed by atoms with E-state index in [1.807, 2.05) is 6.92 Å². The smallest absolute Gasteiger partial charge is 0.325 e. The topological polar surface area (TPSA) is 81.7 Å². The van der Waals surface area contributed by atoms with Crippen molar-refractivity contribution in [3.63, 3.8) is 0 Å². The molecule has 1 amide bonds. The molecule has 8 heteroatoms. The molecule has 0 heterocycles. The zero-order valence-electron chi connectivity index (χ0n) is 14.5. The standard InChI is InChI=1S/C19H17Cl2NO5/c1-2-26-14-6-3-12(4-7-14)19(25)22-10-18(24)27-11-17(23)15-8-5-13(20)9-16(15)21/h3-9H,2,10-11H2,1H3,(H,22,25). The summed E-state index contributed by atoms with van der Waals surface area (Å²) in [7, 11) is 0. The number of ketones is 1. The Morgan fingerprint density at radius 2 is 1.74 bits per heavy atom. The molecule has 27 heavy (non-hydrogen) atoms. The first kappa shape index (κ1) is 20.7. The molecule has 0 bridgehead atoms. The maximum atomic E-state index is 12.0. The van der Waals surface area contributed by atoms with Crippen molar-refractivity contribution in [1.29, 1.82) is 0 Å². The lowest BCUT2D eigenvalue weighted by atomic mass is 10.1. The molecular formula is C19H17Cl2NO5. The SMILES string of the molecule is CCOc1ccc(C(=O)NCC(=O)OCC(=O)c2ccc(Cl)cc2Cl)cc1. The fourth-order valence-corrected chi connectivity index (χ4v) is 2.63. The summed E-state index contributed by atoms with van der Waals surface area (Å²) in [5.74, 6) is -1.01. The van der Waals surface area contributed by atoms with Gasteiger partial charge in [-0.3, -0.25) is 14.4 Å². The van der Waals surface area contributed by atoms with Crippen LogP contribution < -0.4 is 10.1 Å². The van der Waals surface area contributed by atoms with Crippen LogP contribution in [0.5, 0.6) is 5.75 Å². The first-order valence-corrected chi connectivity index (χ1v) is 8.81. The van der Waals surface area contributed by atoms with Crippen molar-refractivity contribution in [2.45, 2.75) is 6.92 Å². The van der Waals surface area contributed by atoms with Crippen LogP contribution in [-0.4, -0.2) is 37.4 Å². The van der Waals surface area contributed by atoms with Gasteiger partial charge in [0.15, 0.2) is 6.61 Å². The summed E-state index contributed by atoms with van der Waals surface area (Å²) in [5.41, 5.74) is 0.572. The van der Waals surface area contributed by atoms with Crippen LogP contribution >= 0.6 is 23.2 Å². The third kappa shape index (κ3) is 6.27. The highest BCUT2D eigenvalue weighted by atomic mass is 35.5. The van der Waals surface area contributed by atoms with E-state index in [4.69, 9.17) is 32.7 Å². The van der Waals surface area contributed by atoms with Crippen molar-refractivity contribution in [2.75, 3.05) is 19.8 Å². The van der Waals surface area contributed by atoms with E-state index in [0.717, 1.165) is 0 Å². The predicted octanol–water partition coefficient (Wildman–Crippen LogP) is 3.55. The highest BCUT2D eigenvalue weighted by Gasteiger charge is 2.14. The molecule has 0 fully saturated rings. The molecule has 0 spiro atoms. The van der Waals surface area contributed by atoms with Crippen LogP contribution in [0.15, 0.2) is 42.5 Å². The number of hydrogen-bond acceptors (Lipinski definition) is 5. The van der Waals surface area contributed by atoms with Crippen molar-refractivity contribution in [3.8, 4) is 5.75 Å². The van der Waals surface area contributed by atoms with Crippen LogP contribution in [0.4, 0.5) is 0 Å². The maximum Gasteiger partial charge on any atom is 0.325 e. The molecule has 0 aliphatic heterocycles.